The van der Waals surface area contributed by atoms with Crippen molar-refractivity contribution in [2.75, 3.05) is 18.1 Å². The van der Waals surface area contributed by atoms with Crippen LogP contribution in [0.25, 0.3) is 17.1 Å². The molecule has 2 aromatic rings. The van der Waals surface area contributed by atoms with Crippen LogP contribution in [0.15, 0.2) is 17.8 Å². The Kier molecular flexibility index (Phi) is 4.01. The Bertz CT molecular complexity index is 821. The smallest absolute Gasteiger partial charge is 0.158 e. The molecule has 1 fully saturated rings. The Morgan fingerprint density at radius 1 is 1.36 bits per heavy atom. The van der Waals surface area contributed by atoms with E-state index in [4.69, 9.17) is 5.11 Å². The molecule has 0 unspecified atom stereocenters. The number of nitrogens with zero attached hydrogens (tertiary/aromatic N) is 3. The van der Waals surface area contributed by atoms with E-state index in [2.05, 4.69) is 10.1 Å². The van der Waals surface area contributed by atoms with Gasteiger partial charge in [-0.15, -0.1) is 0 Å². The molecule has 7 heteroatoms. The molecule has 1 saturated heterocycles. The number of aliphatic hydroxyl groups is 1. The molecule has 22 heavy (non-hydrogen) atoms. The van der Waals surface area contributed by atoms with Crippen LogP contribution in [-0.4, -0.2) is 46.4 Å². The van der Waals surface area contributed by atoms with Crippen LogP contribution < -0.4 is 0 Å². The number of fused-ring (bicyclic) bond motifs is 1. The van der Waals surface area contributed by atoms with Crippen molar-refractivity contribution < 1.29 is 13.5 Å². The topological polar surface area (TPSA) is 85.1 Å². The zero-order chi connectivity index (χ0) is 15.7. The zero-order valence-corrected chi connectivity index (χ0v) is 13.3. The number of aryl methyl sites for hydroxylation is 1. The Balaban J connectivity index is 1.91. The zero-order valence-electron chi connectivity index (χ0n) is 12.5. The van der Waals surface area contributed by atoms with Crippen molar-refractivity contribution in [2.24, 2.45) is 0 Å². The monoisotopic (exact) mass is 321 g/mol. The Morgan fingerprint density at radius 3 is 2.77 bits per heavy atom. The molecule has 0 amide bonds. The van der Waals surface area contributed by atoms with Crippen LogP contribution in [0.3, 0.4) is 0 Å². The van der Waals surface area contributed by atoms with E-state index in [9.17, 15) is 8.42 Å². The highest BCUT2D eigenvalue weighted by Gasteiger charge is 2.18. The molecule has 0 bridgehead atoms. The summed E-state index contributed by atoms with van der Waals surface area (Å²) in [6.45, 7) is 2.37. The third-order valence-electron chi connectivity index (χ3n) is 3.94. The molecule has 6 nitrogen and oxygen atoms in total. The number of aliphatic hydroxyl groups excluding tert-OH is 1. The maximum atomic E-state index is 11.5. The standard InChI is InChI=1S/C15H19N3O3S/c1-11-14-9-13(8-12-2-6-22(20,21)7-3-12)10-16-15(14)18(17-11)4-5-19/h8-10,19H,2-7H2,1H3. The second-order valence-corrected chi connectivity index (χ2v) is 7.93. The van der Waals surface area contributed by atoms with Gasteiger partial charge >= 0.3 is 0 Å². The summed E-state index contributed by atoms with van der Waals surface area (Å²) in [5, 5.41) is 14.4. The van der Waals surface area contributed by atoms with Gasteiger partial charge in [-0.3, -0.25) is 0 Å². The predicted octanol–water partition coefficient (Wildman–Crippen LogP) is 1.32. The lowest BCUT2D eigenvalue weighted by Gasteiger charge is -2.14. The number of pyridine rings is 1. The number of hydrogen-bond donors (Lipinski definition) is 1. The fourth-order valence-corrected chi connectivity index (χ4v) is 4.09. The minimum absolute atomic E-state index is 0.0260. The maximum absolute atomic E-state index is 11.5. The van der Waals surface area contributed by atoms with Crippen molar-refractivity contribution in [1.29, 1.82) is 0 Å². The first-order valence-electron chi connectivity index (χ1n) is 7.32. The first-order valence-corrected chi connectivity index (χ1v) is 9.14. The van der Waals surface area contributed by atoms with Crippen molar-refractivity contribution in [3.63, 3.8) is 0 Å². The molecule has 3 heterocycles. The van der Waals surface area contributed by atoms with Crippen LogP contribution in [0.4, 0.5) is 0 Å². The van der Waals surface area contributed by atoms with Gasteiger partial charge in [0.2, 0.25) is 0 Å². The number of aromatic nitrogens is 3. The summed E-state index contributed by atoms with van der Waals surface area (Å²) in [7, 11) is -2.85. The number of hydrogen-bond acceptors (Lipinski definition) is 5. The van der Waals surface area contributed by atoms with Crippen molar-refractivity contribution in [3.8, 4) is 0 Å². The summed E-state index contributed by atoms with van der Waals surface area (Å²) in [5.74, 6) is 0.476. The molecule has 118 valence electrons. The highest BCUT2D eigenvalue weighted by molar-refractivity contribution is 7.91. The fourth-order valence-electron chi connectivity index (χ4n) is 2.74. The summed E-state index contributed by atoms with van der Waals surface area (Å²) >= 11 is 0. The molecule has 1 aliphatic rings. The second-order valence-electron chi connectivity index (χ2n) is 5.63. The largest absolute Gasteiger partial charge is 0.394 e. The van der Waals surface area contributed by atoms with E-state index in [1.165, 1.54) is 0 Å². The highest BCUT2D eigenvalue weighted by Crippen LogP contribution is 2.23. The lowest BCUT2D eigenvalue weighted by molar-refractivity contribution is 0.271. The fraction of sp³-hybridized carbons (Fsp3) is 0.467. The van der Waals surface area contributed by atoms with Crippen LogP contribution in [0.1, 0.15) is 24.1 Å². The van der Waals surface area contributed by atoms with E-state index < -0.39 is 9.84 Å². The lowest BCUT2D eigenvalue weighted by Crippen LogP contribution is -2.17. The van der Waals surface area contributed by atoms with Crippen molar-refractivity contribution in [1.82, 2.24) is 14.8 Å². The molecule has 1 N–H and O–H groups in total. The predicted molar refractivity (Wildman–Crippen MR) is 85.2 cm³/mol. The quantitative estimate of drug-likeness (QED) is 0.921. The molecule has 0 radical (unpaired) electrons. The van der Waals surface area contributed by atoms with Crippen LogP contribution in [0, 0.1) is 6.92 Å². The summed E-state index contributed by atoms with van der Waals surface area (Å²) in [4.78, 5) is 4.44. The van der Waals surface area contributed by atoms with E-state index in [0.717, 1.165) is 27.9 Å². The van der Waals surface area contributed by atoms with Crippen LogP contribution in [0.2, 0.25) is 0 Å². The van der Waals surface area contributed by atoms with E-state index >= 15 is 0 Å². The first-order chi connectivity index (χ1) is 10.5. The Labute approximate surface area is 129 Å². The minimum Gasteiger partial charge on any atom is -0.394 e. The number of sulfone groups is 1. The summed E-state index contributed by atoms with van der Waals surface area (Å²) in [6, 6.07) is 2.02. The molecular weight excluding hydrogens is 302 g/mol. The van der Waals surface area contributed by atoms with Gasteiger partial charge in [0.05, 0.1) is 30.4 Å². The molecule has 0 spiro atoms. The Hall–Kier alpha value is -1.73. The van der Waals surface area contributed by atoms with E-state index in [1.54, 1.807) is 10.9 Å². The third kappa shape index (κ3) is 3.05. The highest BCUT2D eigenvalue weighted by atomic mass is 32.2. The van der Waals surface area contributed by atoms with Gasteiger partial charge in [0.1, 0.15) is 0 Å². The normalized spacial score (nSPS) is 17.8. The molecule has 0 saturated carbocycles. The van der Waals surface area contributed by atoms with Crippen LogP contribution in [-0.2, 0) is 16.4 Å². The first kappa shape index (κ1) is 15.2. The van der Waals surface area contributed by atoms with Gasteiger partial charge < -0.3 is 5.11 Å². The molecule has 0 aromatic carbocycles. The van der Waals surface area contributed by atoms with Crippen molar-refractivity contribution in [2.45, 2.75) is 26.3 Å². The van der Waals surface area contributed by atoms with Crippen LogP contribution in [0.5, 0.6) is 0 Å². The summed E-state index contributed by atoms with van der Waals surface area (Å²) in [5.41, 5.74) is 3.76. The second kappa shape index (κ2) is 5.81. The number of allylic oxidation sites excluding steroid dienone is 1. The lowest BCUT2D eigenvalue weighted by atomic mass is 10.1. The van der Waals surface area contributed by atoms with Gasteiger partial charge in [-0.05, 0) is 31.4 Å². The van der Waals surface area contributed by atoms with Gasteiger partial charge in [0.15, 0.2) is 15.5 Å². The average Bonchev–Trinajstić information content (AvgIpc) is 2.78. The van der Waals surface area contributed by atoms with Gasteiger partial charge in [-0.2, -0.15) is 5.10 Å². The van der Waals surface area contributed by atoms with Crippen molar-refractivity contribution in [3.05, 3.63) is 29.1 Å². The molecule has 2 aromatic heterocycles. The van der Waals surface area contributed by atoms with E-state index in [0.29, 0.717) is 19.4 Å². The van der Waals surface area contributed by atoms with Gasteiger partial charge in [-0.1, -0.05) is 11.6 Å². The number of rotatable bonds is 3. The SMILES string of the molecule is Cc1nn(CCO)c2ncc(C=C3CCS(=O)(=O)CC3)cc12. The van der Waals surface area contributed by atoms with Gasteiger partial charge in [-0.25, -0.2) is 18.1 Å². The molecule has 0 atom stereocenters. The maximum Gasteiger partial charge on any atom is 0.158 e. The van der Waals surface area contributed by atoms with E-state index in [1.807, 2.05) is 19.1 Å². The summed E-state index contributed by atoms with van der Waals surface area (Å²) < 4.78 is 24.6. The molecule has 1 aliphatic heterocycles. The van der Waals surface area contributed by atoms with Gasteiger partial charge in [0.25, 0.3) is 0 Å². The average molecular weight is 321 g/mol. The van der Waals surface area contributed by atoms with Gasteiger partial charge in [0, 0.05) is 11.6 Å². The minimum atomic E-state index is -2.85. The van der Waals surface area contributed by atoms with Crippen molar-refractivity contribution >= 4 is 26.9 Å². The summed E-state index contributed by atoms with van der Waals surface area (Å²) in [6.07, 6.45) is 5.00. The molecule has 0 aliphatic carbocycles. The molecular formula is C15H19N3O3S. The third-order valence-corrected chi connectivity index (χ3v) is 5.60. The Morgan fingerprint density at radius 2 is 2.09 bits per heavy atom. The van der Waals surface area contributed by atoms with E-state index in [-0.39, 0.29) is 18.1 Å². The van der Waals surface area contributed by atoms with Crippen LogP contribution >= 0.6 is 0 Å². The molecule has 3 rings (SSSR count).